The summed E-state index contributed by atoms with van der Waals surface area (Å²) in [6.45, 7) is 5.22. The minimum atomic E-state index is -1.05. The van der Waals surface area contributed by atoms with Crippen LogP contribution >= 0.6 is 0 Å². The van der Waals surface area contributed by atoms with E-state index in [1.807, 2.05) is 71.5 Å². The predicted molar refractivity (Wildman–Crippen MR) is 144 cm³/mol. The largest absolute Gasteiger partial charge is 0.497 e. The summed E-state index contributed by atoms with van der Waals surface area (Å²) in [7, 11) is 1.64. The maximum Gasteiger partial charge on any atom is 0.260 e. The number of methoxy groups -OCH3 is 1. The summed E-state index contributed by atoms with van der Waals surface area (Å²) in [5, 5.41) is 0. The number of para-hydroxylation sites is 1. The van der Waals surface area contributed by atoms with E-state index < -0.39 is 5.60 Å². The molecule has 2 aromatic carbocycles. The average molecular weight is 514 g/mol. The Kier molecular flexibility index (Phi) is 6.26. The molecule has 0 N–H and O–H groups in total. The number of fused-ring (bicyclic) bond motifs is 3. The zero-order chi connectivity index (χ0) is 26.3. The minimum absolute atomic E-state index is 0.0265. The molecule has 2 amide bonds. The third-order valence-electron chi connectivity index (χ3n) is 8.80. The molecule has 0 bridgehead atoms. The minimum Gasteiger partial charge on any atom is -0.497 e. The third-order valence-corrected chi connectivity index (χ3v) is 8.80. The molecule has 0 saturated carbocycles. The van der Waals surface area contributed by atoms with Crippen LogP contribution in [0.3, 0.4) is 0 Å². The fourth-order valence-electron chi connectivity index (χ4n) is 6.43. The second kappa shape index (κ2) is 9.62. The van der Waals surface area contributed by atoms with Crippen molar-refractivity contribution >= 4 is 11.8 Å². The smallest absolute Gasteiger partial charge is 0.260 e. The first-order chi connectivity index (χ1) is 18.4. The molecule has 3 aliphatic rings. The second-order valence-electron chi connectivity index (χ2n) is 11.1. The van der Waals surface area contributed by atoms with Gasteiger partial charge < -0.3 is 23.8 Å². The van der Waals surface area contributed by atoms with Crippen LogP contribution in [-0.4, -0.2) is 59.5 Å². The number of hydrogen-bond donors (Lipinski definition) is 0. The molecule has 2 fully saturated rings. The molecule has 4 heterocycles. The van der Waals surface area contributed by atoms with Gasteiger partial charge in [0.2, 0.25) is 5.91 Å². The molecule has 6 rings (SSSR count). The van der Waals surface area contributed by atoms with Crippen LogP contribution in [0.1, 0.15) is 43.0 Å². The lowest BCUT2D eigenvalue weighted by molar-refractivity contribution is -0.159. The molecule has 1 spiro atoms. The molecule has 198 valence electrons. The van der Waals surface area contributed by atoms with Crippen LogP contribution in [0, 0.1) is 5.41 Å². The van der Waals surface area contributed by atoms with Gasteiger partial charge in [-0.3, -0.25) is 9.59 Å². The van der Waals surface area contributed by atoms with Crippen LogP contribution in [0.25, 0.3) is 5.69 Å². The van der Waals surface area contributed by atoms with Crippen molar-refractivity contribution in [3.8, 4) is 11.4 Å². The topological polar surface area (TPSA) is 64.0 Å². The Bertz CT molecular complexity index is 1360. The van der Waals surface area contributed by atoms with Gasteiger partial charge in [-0.15, -0.1) is 0 Å². The van der Waals surface area contributed by atoms with E-state index in [4.69, 9.17) is 9.47 Å². The Hall–Kier alpha value is -3.58. The Morgan fingerprint density at radius 2 is 1.71 bits per heavy atom. The highest BCUT2D eigenvalue weighted by Crippen LogP contribution is 2.43. The third kappa shape index (κ3) is 4.29. The van der Waals surface area contributed by atoms with Crippen molar-refractivity contribution in [1.29, 1.82) is 0 Å². The van der Waals surface area contributed by atoms with E-state index in [2.05, 4.69) is 16.7 Å². The lowest BCUT2D eigenvalue weighted by atomic mass is 9.77. The highest BCUT2D eigenvalue weighted by molar-refractivity contribution is 5.86. The van der Waals surface area contributed by atoms with Gasteiger partial charge in [0.05, 0.1) is 31.5 Å². The highest BCUT2D eigenvalue weighted by Gasteiger charge is 2.49. The van der Waals surface area contributed by atoms with Crippen LogP contribution in [0.15, 0.2) is 66.9 Å². The quantitative estimate of drug-likeness (QED) is 0.522. The van der Waals surface area contributed by atoms with E-state index in [0.29, 0.717) is 13.0 Å². The number of hydrogen-bond acceptors (Lipinski definition) is 4. The molecule has 0 radical (unpaired) electrons. The van der Waals surface area contributed by atoms with E-state index in [9.17, 15) is 9.59 Å². The van der Waals surface area contributed by atoms with E-state index in [-0.39, 0.29) is 17.2 Å². The van der Waals surface area contributed by atoms with Crippen LogP contribution in [0.5, 0.6) is 5.75 Å². The summed E-state index contributed by atoms with van der Waals surface area (Å²) in [6.07, 6.45) is 5.19. The monoisotopic (exact) mass is 513 g/mol. The fraction of sp³-hybridized carbons (Fsp3) is 0.419. The van der Waals surface area contributed by atoms with Gasteiger partial charge in [-0.2, -0.15) is 0 Å². The van der Waals surface area contributed by atoms with E-state index >= 15 is 0 Å². The van der Waals surface area contributed by atoms with Gasteiger partial charge in [-0.05, 0) is 67.5 Å². The van der Waals surface area contributed by atoms with Crippen molar-refractivity contribution in [2.75, 3.05) is 33.3 Å². The van der Waals surface area contributed by atoms with Crippen LogP contribution in [0.4, 0.5) is 0 Å². The Morgan fingerprint density at radius 3 is 2.50 bits per heavy atom. The second-order valence-corrected chi connectivity index (χ2v) is 11.1. The number of aromatic nitrogens is 1. The van der Waals surface area contributed by atoms with Crippen molar-refractivity contribution in [2.45, 2.75) is 44.8 Å². The normalized spacial score (nSPS) is 22.1. The summed E-state index contributed by atoms with van der Waals surface area (Å²) in [4.78, 5) is 31.0. The van der Waals surface area contributed by atoms with Crippen molar-refractivity contribution in [2.24, 2.45) is 5.41 Å². The summed E-state index contributed by atoms with van der Waals surface area (Å²) in [5.74, 6) is 0.948. The number of amides is 2. The Balaban J connectivity index is 1.12. The number of piperidine rings is 1. The number of carbonyl (C=O) groups excluding carboxylic acids is 2. The number of likely N-dealkylation sites (tertiary alicyclic amines) is 2. The van der Waals surface area contributed by atoms with E-state index in [0.717, 1.165) is 73.7 Å². The number of benzene rings is 2. The van der Waals surface area contributed by atoms with Gasteiger partial charge in [-0.1, -0.05) is 30.3 Å². The molecule has 3 aromatic rings. The molecule has 7 heteroatoms. The molecule has 3 aliphatic heterocycles. The van der Waals surface area contributed by atoms with Gasteiger partial charge in [0.15, 0.2) is 5.60 Å². The highest BCUT2D eigenvalue weighted by atomic mass is 16.5. The molecular weight excluding hydrogens is 478 g/mol. The van der Waals surface area contributed by atoms with Crippen molar-refractivity contribution in [1.82, 2.24) is 14.4 Å². The average Bonchev–Trinajstić information content (AvgIpc) is 3.58. The number of nitrogens with zero attached hydrogens (tertiary/aromatic N) is 3. The van der Waals surface area contributed by atoms with Crippen LogP contribution in [-0.2, 0) is 33.0 Å². The van der Waals surface area contributed by atoms with Crippen molar-refractivity contribution in [3.63, 3.8) is 0 Å². The zero-order valence-electron chi connectivity index (χ0n) is 22.2. The summed E-state index contributed by atoms with van der Waals surface area (Å²) >= 11 is 0. The van der Waals surface area contributed by atoms with Gasteiger partial charge >= 0.3 is 0 Å². The van der Waals surface area contributed by atoms with Crippen molar-refractivity contribution < 1.29 is 19.1 Å². The molecule has 1 unspecified atom stereocenters. The van der Waals surface area contributed by atoms with Gasteiger partial charge in [-0.25, -0.2) is 0 Å². The molecule has 7 nitrogen and oxygen atoms in total. The van der Waals surface area contributed by atoms with Gasteiger partial charge in [0, 0.05) is 37.9 Å². The lowest BCUT2D eigenvalue weighted by Gasteiger charge is -2.40. The predicted octanol–water partition coefficient (Wildman–Crippen LogP) is 4.32. The molecule has 2 saturated heterocycles. The van der Waals surface area contributed by atoms with Gasteiger partial charge in [0.25, 0.3) is 5.91 Å². The molecular formula is C31H35N3O4. The van der Waals surface area contributed by atoms with Crippen LogP contribution < -0.4 is 4.74 Å². The van der Waals surface area contributed by atoms with Crippen molar-refractivity contribution in [3.05, 3.63) is 83.7 Å². The van der Waals surface area contributed by atoms with Crippen LogP contribution in [0.2, 0.25) is 0 Å². The van der Waals surface area contributed by atoms with E-state index in [1.54, 1.807) is 7.11 Å². The number of rotatable bonds is 4. The molecule has 1 atom stereocenters. The van der Waals surface area contributed by atoms with Gasteiger partial charge in [0.1, 0.15) is 5.75 Å². The fourth-order valence-corrected chi connectivity index (χ4v) is 6.43. The number of carbonyl (C=O) groups is 2. The Labute approximate surface area is 223 Å². The first-order valence-electron chi connectivity index (χ1n) is 13.5. The molecule has 0 aliphatic carbocycles. The molecule has 38 heavy (non-hydrogen) atoms. The summed E-state index contributed by atoms with van der Waals surface area (Å²) in [5.41, 5.74) is 2.98. The summed E-state index contributed by atoms with van der Waals surface area (Å²) < 4.78 is 13.8. The van der Waals surface area contributed by atoms with E-state index in [1.165, 1.54) is 0 Å². The maximum absolute atomic E-state index is 14.1. The SMILES string of the molecule is COc1cccc(CC(=O)N2CCC3(CC2)CCN(C(=O)C2(C)OCc4ccccc4-n4cccc42)C3)c1. The standard InChI is InChI=1S/C31H35N3O4/c1-30(27-11-6-15-34(27)26-10-4-3-8-24(26)21-38-30)29(36)33-18-14-31(22-33)12-16-32(17-13-31)28(35)20-23-7-5-9-25(19-23)37-2/h3-11,15,19H,12-14,16-18,20-22H2,1-2H3. The molecule has 1 aromatic heterocycles. The maximum atomic E-state index is 14.1. The first kappa shape index (κ1) is 24.7. The lowest BCUT2D eigenvalue weighted by Crippen LogP contribution is -2.48. The summed E-state index contributed by atoms with van der Waals surface area (Å²) in [6, 6.07) is 19.9. The first-order valence-corrected chi connectivity index (χ1v) is 13.5. The zero-order valence-corrected chi connectivity index (χ0v) is 22.2. The number of ether oxygens (including phenoxy) is 2. The Morgan fingerprint density at radius 1 is 0.947 bits per heavy atom.